The number of likely N-dealkylation sites (tertiary alicyclic amines) is 1. The Morgan fingerprint density at radius 2 is 2.09 bits per heavy atom. The summed E-state index contributed by atoms with van der Waals surface area (Å²) in [7, 11) is 2.25. The summed E-state index contributed by atoms with van der Waals surface area (Å²) in [6.07, 6.45) is 4.90. The van der Waals surface area contributed by atoms with Crippen LogP contribution in [0.1, 0.15) is 38.2 Å². The van der Waals surface area contributed by atoms with Crippen LogP contribution in [-0.2, 0) is 0 Å². The number of rotatable bonds is 5. The van der Waals surface area contributed by atoms with E-state index in [1.807, 2.05) is 25.1 Å². The molecule has 0 spiro atoms. The fourth-order valence-corrected chi connectivity index (χ4v) is 3.50. The summed E-state index contributed by atoms with van der Waals surface area (Å²) >= 11 is 11.8. The van der Waals surface area contributed by atoms with Crippen molar-refractivity contribution in [1.29, 1.82) is 0 Å². The van der Waals surface area contributed by atoms with E-state index >= 15 is 0 Å². The van der Waals surface area contributed by atoms with Crippen LogP contribution in [0.2, 0.25) is 5.02 Å². The van der Waals surface area contributed by atoms with Gasteiger partial charge in [-0.05, 0) is 69.7 Å². The molecule has 0 unspecified atom stereocenters. The van der Waals surface area contributed by atoms with Crippen LogP contribution in [0.5, 0.6) is 0 Å². The zero-order valence-corrected chi connectivity index (χ0v) is 16.0. The molecule has 3 nitrogen and oxygen atoms in total. The fraction of sp³-hybridized carbons (Fsp3) is 0.611. The van der Waals surface area contributed by atoms with Crippen molar-refractivity contribution >= 4 is 34.6 Å². The lowest BCUT2D eigenvalue weighted by molar-refractivity contribution is 0.163. The summed E-state index contributed by atoms with van der Waals surface area (Å²) in [5, 5.41) is 4.94. The lowest BCUT2D eigenvalue weighted by Crippen LogP contribution is -2.47. The highest BCUT2D eigenvalue weighted by Gasteiger charge is 2.23. The van der Waals surface area contributed by atoms with Crippen molar-refractivity contribution < 1.29 is 0 Å². The minimum atomic E-state index is 0.688. The maximum Gasteiger partial charge on any atom is 0.173 e. The Labute approximate surface area is 151 Å². The molecule has 1 aliphatic rings. The predicted octanol–water partition coefficient (Wildman–Crippen LogP) is 4.54. The second-order valence-electron chi connectivity index (χ2n) is 6.39. The lowest BCUT2D eigenvalue weighted by Gasteiger charge is -2.38. The molecule has 23 heavy (non-hydrogen) atoms. The summed E-state index contributed by atoms with van der Waals surface area (Å²) in [5.41, 5.74) is 2.05. The van der Waals surface area contributed by atoms with Crippen molar-refractivity contribution in [2.45, 2.75) is 45.6 Å². The Kier molecular flexibility index (Phi) is 7.12. The molecule has 1 heterocycles. The van der Waals surface area contributed by atoms with Crippen LogP contribution in [0.15, 0.2) is 18.2 Å². The van der Waals surface area contributed by atoms with Gasteiger partial charge in [0.1, 0.15) is 0 Å². The molecule has 0 bridgehead atoms. The quantitative estimate of drug-likeness (QED) is 0.783. The van der Waals surface area contributed by atoms with Gasteiger partial charge in [-0.2, -0.15) is 0 Å². The van der Waals surface area contributed by atoms with E-state index in [9.17, 15) is 0 Å². The largest absolute Gasteiger partial charge is 0.349 e. The molecule has 1 aromatic rings. The molecular formula is C18H28ClN3S. The molecule has 128 valence electrons. The molecule has 1 aliphatic heterocycles. The van der Waals surface area contributed by atoms with E-state index in [0.29, 0.717) is 6.04 Å². The first-order valence-corrected chi connectivity index (χ1v) is 9.32. The van der Waals surface area contributed by atoms with Gasteiger partial charge < -0.3 is 15.1 Å². The second-order valence-corrected chi connectivity index (χ2v) is 7.19. The monoisotopic (exact) mass is 353 g/mol. The van der Waals surface area contributed by atoms with Gasteiger partial charge in [0, 0.05) is 29.8 Å². The highest BCUT2D eigenvalue weighted by Crippen LogP contribution is 2.24. The van der Waals surface area contributed by atoms with Crippen molar-refractivity contribution in [3.8, 4) is 0 Å². The van der Waals surface area contributed by atoms with Gasteiger partial charge >= 0.3 is 0 Å². The molecule has 1 aromatic carbocycles. The average molecular weight is 354 g/mol. The highest BCUT2D eigenvalue weighted by atomic mass is 35.5. The highest BCUT2D eigenvalue weighted by molar-refractivity contribution is 7.80. The van der Waals surface area contributed by atoms with Gasteiger partial charge in [0.15, 0.2) is 5.11 Å². The number of anilines is 1. The first-order chi connectivity index (χ1) is 11.0. The first-order valence-electron chi connectivity index (χ1n) is 8.54. The Morgan fingerprint density at radius 3 is 2.74 bits per heavy atom. The third kappa shape index (κ3) is 5.07. The molecule has 1 saturated heterocycles. The van der Waals surface area contributed by atoms with Crippen LogP contribution in [0.4, 0.5) is 5.69 Å². The molecule has 0 radical (unpaired) electrons. The standard InChI is InChI=1S/C18H28ClN3S/c1-4-5-11-21(3)15-9-12-22(13-10-15)18(23)20-17-8-6-7-16(19)14(17)2/h6-8,15H,4-5,9-13H2,1-3H3,(H,20,23). The van der Waals surface area contributed by atoms with Crippen LogP contribution in [0, 0.1) is 6.92 Å². The van der Waals surface area contributed by atoms with Gasteiger partial charge in [0.2, 0.25) is 0 Å². The van der Waals surface area contributed by atoms with E-state index in [2.05, 4.69) is 29.1 Å². The minimum absolute atomic E-state index is 0.688. The number of piperidine rings is 1. The number of unbranched alkanes of at least 4 members (excludes halogenated alkanes) is 1. The Morgan fingerprint density at radius 1 is 1.39 bits per heavy atom. The van der Waals surface area contributed by atoms with Crippen molar-refractivity contribution in [3.05, 3.63) is 28.8 Å². The van der Waals surface area contributed by atoms with Crippen LogP contribution < -0.4 is 5.32 Å². The summed E-state index contributed by atoms with van der Waals surface area (Å²) in [6.45, 7) is 7.51. The van der Waals surface area contributed by atoms with E-state index in [4.69, 9.17) is 23.8 Å². The molecule has 0 atom stereocenters. The number of hydrogen-bond acceptors (Lipinski definition) is 2. The van der Waals surface area contributed by atoms with E-state index < -0.39 is 0 Å². The summed E-state index contributed by atoms with van der Waals surface area (Å²) < 4.78 is 0. The fourth-order valence-electron chi connectivity index (χ4n) is 3.04. The second kappa shape index (κ2) is 8.86. The van der Waals surface area contributed by atoms with Gasteiger partial charge in [-0.15, -0.1) is 0 Å². The normalized spacial score (nSPS) is 16.0. The molecule has 0 amide bonds. The summed E-state index contributed by atoms with van der Waals surface area (Å²) in [6, 6.07) is 6.57. The maximum absolute atomic E-state index is 6.18. The smallest absolute Gasteiger partial charge is 0.173 e. The molecule has 2 rings (SSSR count). The number of benzene rings is 1. The van der Waals surface area contributed by atoms with Crippen LogP contribution >= 0.6 is 23.8 Å². The van der Waals surface area contributed by atoms with Crippen molar-refractivity contribution in [3.63, 3.8) is 0 Å². The molecule has 0 saturated carbocycles. The number of nitrogens with one attached hydrogen (secondary N) is 1. The van der Waals surface area contributed by atoms with E-state index in [0.717, 1.165) is 34.5 Å². The molecule has 0 aromatic heterocycles. The number of thiocarbonyl (C=S) groups is 1. The Bertz CT molecular complexity index is 527. The maximum atomic E-state index is 6.18. The predicted molar refractivity (Wildman–Crippen MR) is 105 cm³/mol. The topological polar surface area (TPSA) is 18.5 Å². The molecule has 1 fully saturated rings. The van der Waals surface area contributed by atoms with Crippen molar-refractivity contribution in [2.24, 2.45) is 0 Å². The third-order valence-electron chi connectivity index (χ3n) is 4.75. The van der Waals surface area contributed by atoms with Gasteiger partial charge in [-0.1, -0.05) is 31.0 Å². The van der Waals surface area contributed by atoms with Gasteiger partial charge in [-0.25, -0.2) is 0 Å². The van der Waals surface area contributed by atoms with Crippen LogP contribution in [0.3, 0.4) is 0 Å². The van der Waals surface area contributed by atoms with Crippen LogP contribution in [0.25, 0.3) is 0 Å². The van der Waals surface area contributed by atoms with Gasteiger partial charge in [0.25, 0.3) is 0 Å². The first kappa shape index (κ1) is 18.5. The number of halogens is 1. The average Bonchev–Trinajstić information content (AvgIpc) is 2.57. The van der Waals surface area contributed by atoms with Gasteiger partial charge in [-0.3, -0.25) is 0 Å². The zero-order valence-electron chi connectivity index (χ0n) is 14.4. The van der Waals surface area contributed by atoms with E-state index in [1.165, 1.54) is 32.2 Å². The number of hydrogen-bond donors (Lipinski definition) is 1. The Hall–Kier alpha value is -0.840. The number of nitrogens with zero attached hydrogens (tertiary/aromatic N) is 2. The minimum Gasteiger partial charge on any atom is -0.349 e. The zero-order chi connectivity index (χ0) is 16.8. The lowest BCUT2D eigenvalue weighted by atomic mass is 10.0. The third-order valence-corrected chi connectivity index (χ3v) is 5.52. The van der Waals surface area contributed by atoms with Crippen molar-refractivity contribution in [2.75, 3.05) is 32.0 Å². The van der Waals surface area contributed by atoms with Gasteiger partial charge in [0.05, 0.1) is 0 Å². The summed E-state index contributed by atoms with van der Waals surface area (Å²) in [4.78, 5) is 4.79. The Balaban J connectivity index is 1.85. The van der Waals surface area contributed by atoms with E-state index in [1.54, 1.807) is 0 Å². The SMILES string of the molecule is CCCCN(C)C1CCN(C(=S)Nc2cccc(Cl)c2C)CC1. The van der Waals surface area contributed by atoms with Crippen LogP contribution in [-0.4, -0.2) is 47.6 Å². The van der Waals surface area contributed by atoms with Crippen molar-refractivity contribution in [1.82, 2.24) is 9.80 Å². The molecule has 0 aliphatic carbocycles. The summed E-state index contributed by atoms with van der Waals surface area (Å²) in [5.74, 6) is 0. The molecule has 5 heteroatoms. The molecule has 1 N–H and O–H groups in total. The molecular weight excluding hydrogens is 326 g/mol. The van der Waals surface area contributed by atoms with E-state index in [-0.39, 0.29) is 0 Å².